The van der Waals surface area contributed by atoms with E-state index in [2.05, 4.69) is 4.98 Å². The van der Waals surface area contributed by atoms with Crippen molar-refractivity contribution in [3.8, 4) is 0 Å². The van der Waals surface area contributed by atoms with Gasteiger partial charge < -0.3 is 11.5 Å². The van der Waals surface area contributed by atoms with Crippen molar-refractivity contribution in [3.05, 3.63) is 30.0 Å². The Bertz CT molecular complexity index is 549. The number of alkyl halides is 3. The van der Waals surface area contributed by atoms with Crippen molar-refractivity contribution < 1.29 is 13.2 Å². The lowest BCUT2D eigenvalue weighted by molar-refractivity contribution is -0.136. The summed E-state index contributed by atoms with van der Waals surface area (Å²) in [4.78, 5) is 3.68. The zero-order valence-electron chi connectivity index (χ0n) is 8.05. The van der Waals surface area contributed by atoms with Crippen LogP contribution < -0.4 is 11.5 Å². The number of hydrogen-bond donors (Lipinski definition) is 2. The van der Waals surface area contributed by atoms with Gasteiger partial charge in [-0.05, 0) is 6.07 Å². The summed E-state index contributed by atoms with van der Waals surface area (Å²) in [7, 11) is 0. The molecule has 1 aromatic heterocycles. The van der Waals surface area contributed by atoms with Crippen molar-refractivity contribution >= 4 is 22.3 Å². The molecule has 0 aliphatic carbocycles. The summed E-state index contributed by atoms with van der Waals surface area (Å²) in [6.07, 6.45) is -3.32. The fourth-order valence-electron chi connectivity index (χ4n) is 1.49. The molecule has 0 amide bonds. The minimum Gasteiger partial charge on any atom is -0.396 e. The Labute approximate surface area is 88.9 Å². The summed E-state index contributed by atoms with van der Waals surface area (Å²) >= 11 is 0. The molecule has 0 fully saturated rings. The number of aromatic nitrogens is 1. The summed E-state index contributed by atoms with van der Waals surface area (Å²) in [6, 6.07) is 3.71. The van der Waals surface area contributed by atoms with Crippen LogP contribution in [0.15, 0.2) is 24.4 Å². The summed E-state index contributed by atoms with van der Waals surface area (Å²) < 4.78 is 37.9. The van der Waals surface area contributed by atoms with Gasteiger partial charge in [-0.1, -0.05) is 12.1 Å². The van der Waals surface area contributed by atoms with Crippen LogP contribution in [0.1, 0.15) is 5.56 Å². The van der Waals surface area contributed by atoms with Crippen LogP contribution in [0, 0.1) is 0 Å². The third-order valence-corrected chi connectivity index (χ3v) is 2.28. The van der Waals surface area contributed by atoms with Crippen molar-refractivity contribution in [2.24, 2.45) is 0 Å². The summed E-state index contributed by atoms with van der Waals surface area (Å²) in [6.45, 7) is 0. The zero-order chi connectivity index (χ0) is 11.9. The van der Waals surface area contributed by atoms with E-state index < -0.39 is 11.7 Å². The SMILES string of the molecule is Nc1cnc2c(C(F)(F)F)cccc2c1N. The maximum absolute atomic E-state index is 12.6. The molecule has 3 nitrogen and oxygen atoms in total. The number of fused-ring (bicyclic) bond motifs is 1. The van der Waals surface area contributed by atoms with E-state index in [-0.39, 0.29) is 22.3 Å². The molecule has 0 aliphatic rings. The van der Waals surface area contributed by atoms with Gasteiger partial charge in [0.25, 0.3) is 0 Å². The highest BCUT2D eigenvalue weighted by Crippen LogP contribution is 2.36. The normalized spacial score (nSPS) is 11.9. The monoisotopic (exact) mass is 227 g/mol. The third-order valence-electron chi connectivity index (χ3n) is 2.28. The maximum atomic E-state index is 12.6. The number of nitrogens with two attached hydrogens (primary N) is 2. The van der Waals surface area contributed by atoms with E-state index in [4.69, 9.17) is 11.5 Å². The van der Waals surface area contributed by atoms with E-state index >= 15 is 0 Å². The van der Waals surface area contributed by atoms with E-state index in [9.17, 15) is 13.2 Å². The summed E-state index contributed by atoms with van der Waals surface area (Å²) in [5.74, 6) is 0. The quantitative estimate of drug-likeness (QED) is 0.726. The Kier molecular flexibility index (Phi) is 2.15. The summed E-state index contributed by atoms with van der Waals surface area (Å²) in [5.41, 5.74) is 10.4. The third kappa shape index (κ3) is 1.52. The van der Waals surface area contributed by atoms with Crippen LogP contribution in [0.2, 0.25) is 0 Å². The van der Waals surface area contributed by atoms with E-state index in [0.29, 0.717) is 0 Å². The molecule has 0 radical (unpaired) electrons. The number of pyridine rings is 1. The van der Waals surface area contributed by atoms with Crippen molar-refractivity contribution in [1.82, 2.24) is 4.98 Å². The highest BCUT2D eigenvalue weighted by molar-refractivity contribution is 5.97. The van der Waals surface area contributed by atoms with Crippen LogP contribution in [0.5, 0.6) is 0 Å². The fourth-order valence-corrected chi connectivity index (χ4v) is 1.49. The topological polar surface area (TPSA) is 64.9 Å². The molecular formula is C10H8F3N3. The number of benzene rings is 1. The first-order valence-corrected chi connectivity index (χ1v) is 4.41. The predicted molar refractivity (Wildman–Crippen MR) is 55.6 cm³/mol. The second kappa shape index (κ2) is 3.26. The molecule has 16 heavy (non-hydrogen) atoms. The van der Waals surface area contributed by atoms with E-state index in [1.54, 1.807) is 0 Å². The molecule has 0 saturated carbocycles. The molecule has 4 N–H and O–H groups in total. The lowest BCUT2D eigenvalue weighted by Crippen LogP contribution is -2.07. The smallest absolute Gasteiger partial charge is 0.396 e. The molecule has 0 unspecified atom stereocenters. The fraction of sp³-hybridized carbons (Fsp3) is 0.100. The summed E-state index contributed by atoms with van der Waals surface area (Å²) in [5, 5.41) is 0.217. The first kappa shape index (κ1) is 10.5. The Balaban J connectivity index is 2.85. The number of nitrogens with zero attached hydrogens (tertiary/aromatic N) is 1. The Morgan fingerprint density at radius 2 is 1.81 bits per heavy atom. The number of para-hydroxylation sites is 1. The Morgan fingerprint density at radius 1 is 1.12 bits per heavy atom. The first-order valence-electron chi connectivity index (χ1n) is 4.41. The molecule has 1 heterocycles. The van der Waals surface area contributed by atoms with Gasteiger partial charge in [-0.25, -0.2) is 0 Å². The minimum absolute atomic E-state index is 0.121. The Morgan fingerprint density at radius 3 is 2.44 bits per heavy atom. The zero-order valence-corrected chi connectivity index (χ0v) is 8.05. The second-order valence-corrected chi connectivity index (χ2v) is 3.33. The average molecular weight is 227 g/mol. The van der Waals surface area contributed by atoms with E-state index in [1.165, 1.54) is 12.1 Å². The van der Waals surface area contributed by atoms with Gasteiger partial charge in [0, 0.05) is 5.39 Å². The molecule has 6 heteroatoms. The standard InChI is InChI=1S/C10H8F3N3/c11-10(12,13)6-3-1-2-5-8(15)7(14)4-16-9(5)6/h1-4H,14H2,(H2,15,16). The highest BCUT2D eigenvalue weighted by atomic mass is 19.4. The van der Waals surface area contributed by atoms with Crippen LogP contribution in [0.25, 0.3) is 10.9 Å². The van der Waals surface area contributed by atoms with E-state index in [1.807, 2.05) is 0 Å². The average Bonchev–Trinajstić information content (AvgIpc) is 2.21. The molecule has 0 aliphatic heterocycles. The van der Waals surface area contributed by atoms with Crippen molar-refractivity contribution in [1.29, 1.82) is 0 Å². The van der Waals surface area contributed by atoms with Gasteiger partial charge in [0.05, 0.1) is 28.7 Å². The molecular weight excluding hydrogens is 219 g/mol. The molecule has 1 aromatic carbocycles. The predicted octanol–water partition coefficient (Wildman–Crippen LogP) is 2.42. The van der Waals surface area contributed by atoms with Crippen LogP contribution in [-0.4, -0.2) is 4.98 Å². The van der Waals surface area contributed by atoms with Crippen LogP contribution in [-0.2, 0) is 6.18 Å². The van der Waals surface area contributed by atoms with Crippen molar-refractivity contribution in [3.63, 3.8) is 0 Å². The molecule has 2 rings (SSSR count). The molecule has 0 saturated heterocycles. The largest absolute Gasteiger partial charge is 0.418 e. The van der Waals surface area contributed by atoms with Crippen molar-refractivity contribution in [2.75, 3.05) is 11.5 Å². The van der Waals surface area contributed by atoms with E-state index in [0.717, 1.165) is 12.3 Å². The van der Waals surface area contributed by atoms with Gasteiger partial charge in [0.2, 0.25) is 0 Å². The van der Waals surface area contributed by atoms with Gasteiger partial charge in [0.1, 0.15) is 0 Å². The van der Waals surface area contributed by atoms with Gasteiger partial charge in [-0.15, -0.1) is 0 Å². The number of halogens is 3. The minimum atomic E-state index is -4.45. The maximum Gasteiger partial charge on any atom is 0.418 e. The van der Waals surface area contributed by atoms with Gasteiger partial charge in [-0.2, -0.15) is 13.2 Å². The van der Waals surface area contributed by atoms with Crippen LogP contribution in [0.3, 0.4) is 0 Å². The lowest BCUT2D eigenvalue weighted by Gasteiger charge is -2.11. The molecule has 2 aromatic rings. The van der Waals surface area contributed by atoms with Gasteiger partial charge in [0.15, 0.2) is 0 Å². The number of nitrogen functional groups attached to an aromatic ring is 2. The molecule has 0 atom stereocenters. The Hall–Kier alpha value is -1.98. The number of rotatable bonds is 0. The molecule has 0 bridgehead atoms. The highest BCUT2D eigenvalue weighted by Gasteiger charge is 2.33. The number of anilines is 2. The van der Waals surface area contributed by atoms with Crippen LogP contribution >= 0.6 is 0 Å². The molecule has 0 spiro atoms. The first-order chi connectivity index (χ1) is 7.41. The number of hydrogen-bond acceptors (Lipinski definition) is 3. The molecule has 84 valence electrons. The lowest BCUT2D eigenvalue weighted by atomic mass is 10.1. The van der Waals surface area contributed by atoms with Crippen LogP contribution in [0.4, 0.5) is 24.5 Å². The van der Waals surface area contributed by atoms with Crippen molar-refractivity contribution in [2.45, 2.75) is 6.18 Å². The van der Waals surface area contributed by atoms with Gasteiger partial charge >= 0.3 is 6.18 Å². The van der Waals surface area contributed by atoms with Gasteiger partial charge in [-0.3, -0.25) is 4.98 Å². The second-order valence-electron chi connectivity index (χ2n) is 3.33.